The van der Waals surface area contributed by atoms with Crippen LogP contribution in [-0.4, -0.2) is 15.0 Å². The molecule has 0 aliphatic heterocycles. The zero-order valence-corrected chi connectivity index (χ0v) is 11.3. The Labute approximate surface area is 120 Å². The maximum absolute atomic E-state index is 5.94. The topological polar surface area (TPSA) is 41.6 Å². The Hall–Kier alpha value is -1.84. The summed E-state index contributed by atoms with van der Waals surface area (Å²) in [7, 11) is 0. The van der Waals surface area contributed by atoms with E-state index in [-0.39, 0.29) is 0 Å². The molecule has 0 unspecified atom stereocenters. The molecule has 0 fully saturated rings. The van der Waals surface area contributed by atoms with E-state index in [4.69, 9.17) is 23.2 Å². The SMILES string of the molecule is Clc1cc(Cl)nc(-c2ccccc2-c2cc[nH]c2)n1. The molecule has 19 heavy (non-hydrogen) atoms. The van der Waals surface area contributed by atoms with Crippen LogP contribution < -0.4 is 0 Å². The molecule has 3 aromatic rings. The summed E-state index contributed by atoms with van der Waals surface area (Å²) in [5, 5.41) is 0.665. The molecule has 3 nitrogen and oxygen atoms in total. The van der Waals surface area contributed by atoms with Crippen molar-refractivity contribution in [2.24, 2.45) is 0 Å². The van der Waals surface area contributed by atoms with Crippen LogP contribution in [0.1, 0.15) is 0 Å². The van der Waals surface area contributed by atoms with Gasteiger partial charge in [0, 0.05) is 24.0 Å². The van der Waals surface area contributed by atoms with Crippen LogP contribution >= 0.6 is 23.2 Å². The summed E-state index contributed by atoms with van der Waals surface area (Å²) >= 11 is 11.9. The van der Waals surface area contributed by atoms with Gasteiger partial charge in [0.1, 0.15) is 10.3 Å². The molecule has 2 heterocycles. The fourth-order valence-electron chi connectivity index (χ4n) is 1.93. The van der Waals surface area contributed by atoms with E-state index in [1.165, 1.54) is 6.07 Å². The number of hydrogen-bond acceptors (Lipinski definition) is 2. The maximum Gasteiger partial charge on any atom is 0.163 e. The van der Waals surface area contributed by atoms with Crippen LogP contribution in [0.2, 0.25) is 10.3 Å². The minimum Gasteiger partial charge on any atom is -0.367 e. The highest BCUT2D eigenvalue weighted by atomic mass is 35.5. The minimum absolute atomic E-state index is 0.332. The van der Waals surface area contributed by atoms with Gasteiger partial charge in [0.25, 0.3) is 0 Å². The third-order valence-corrected chi connectivity index (χ3v) is 3.13. The second-order valence-corrected chi connectivity index (χ2v) is 4.76. The summed E-state index contributed by atoms with van der Waals surface area (Å²) in [6.45, 7) is 0. The van der Waals surface area contributed by atoms with Crippen LogP contribution in [0.3, 0.4) is 0 Å². The van der Waals surface area contributed by atoms with Crippen molar-refractivity contribution in [1.82, 2.24) is 15.0 Å². The van der Waals surface area contributed by atoms with Crippen LogP contribution in [-0.2, 0) is 0 Å². The summed E-state index contributed by atoms with van der Waals surface area (Å²) in [5.41, 5.74) is 2.99. The zero-order chi connectivity index (χ0) is 13.2. The predicted octanol–water partition coefficient (Wildman–Crippen LogP) is 4.45. The number of benzene rings is 1. The Balaban J connectivity index is 2.20. The quantitative estimate of drug-likeness (QED) is 0.709. The molecule has 5 heteroatoms. The van der Waals surface area contributed by atoms with Gasteiger partial charge in [0.2, 0.25) is 0 Å². The normalized spacial score (nSPS) is 10.6. The lowest BCUT2D eigenvalue weighted by Gasteiger charge is -2.07. The Morgan fingerprint density at radius 3 is 2.21 bits per heavy atom. The second-order valence-electron chi connectivity index (χ2n) is 3.98. The Kier molecular flexibility index (Phi) is 3.23. The minimum atomic E-state index is 0.332. The third kappa shape index (κ3) is 2.48. The van der Waals surface area contributed by atoms with Crippen molar-refractivity contribution < 1.29 is 0 Å². The van der Waals surface area contributed by atoms with E-state index in [9.17, 15) is 0 Å². The van der Waals surface area contributed by atoms with E-state index in [1.807, 2.05) is 42.7 Å². The van der Waals surface area contributed by atoms with Gasteiger partial charge < -0.3 is 4.98 Å². The van der Waals surface area contributed by atoms with E-state index >= 15 is 0 Å². The molecule has 0 saturated carbocycles. The highest BCUT2D eigenvalue weighted by Gasteiger charge is 2.11. The van der Waals surface area contributed by atoms with Gasteiger partial charge in [-0.15, -0.1) is 0 Å². The summed E-state index contributed by atoms with van der Waals surface area (Å²) < 4.78 is 0. The molecule has 0 radical (unpaired) electrons. The lowest BCUT2D eigenvalue weighted by Crippen LogP contribution is -1.92. The van der Waals surface area contributed by atoms with Crippen molar-refractivity contribution in [3.05, 3.63) is 59.1 Å². The van der Waals surface area contributed by atoms with E-state index < -0.39 is 0 Å². The number of H-pyrrole nitrogens is 1. The van der Waals surface area contributed by atoms with Gasteiger partial charge in [-0.1, -0.05) is 47.5 Å². The first-order chi connectivity index (χ1) is 9.24. The molecule has 0 amide bonds. The van der Waals surface area contributed by atoms with Crippen molar-refractivity contribution in [3.8, 4) is 22.5 Å². The summed E-state index contributed by atoms with van der Waals surface area (Å²) in [6.07, 6.45) is 3.79. The van der Waals surface area contributed by atoms with Crippen molar-refractivity contribution >= 4 is 23.2 Å². The Morgan fingerprint density at radius 2 is 1.58 bits per heavy atom. The molecule has 0 aliphatic carbocycles. The molecule has 0 atom stereocenters. The first kappa shape index (κ1) is 12.2. The standard InChI is InChI=1S/C14H9Cl2N3/c15-12-7-13(16)19-14(18-12)11-4-2-1-3-10(11)9-5-6-17-8-9/h1-8,17H. The van der Waals surface area contributed by atoms with Crippen LogP contribution in [0.25, 0.3) is 22.5 Å². The molecule has 2 aromatic heterocycles. The van der Waals surface area contributed by atoms with Gasteiger partial charge in [-0.3, -0.25) is 0 Å². The van der Waals surface area contributed by atoms with E-state index in [0.717, 1.165) is 16.7 Å². The average molecular weight is 290 g/mol. The van der Waals surface area contributed by atoms with Crippen molar-refractivity contribution in [3.63, 3.8) is 0 Å². The third-order valence-electron chi connectivity index (χ3n) is 2.74. The Bertz CT molecular complexity index is 688. The lowest BCUT2D eigenvalue weighted by molar-refractivity contribution is 1.18. The smallest absolute Gasteiger partial charge is 0.163 e. The van der Waals surface area contributed by atoms with Crippen molar-refractivity contribution in [2.75, 3.05) is 0 Å². The molecule has 94 valence electrons. The number of aromatic nitrogens is 3. The molecule has 1 N–H and O–H groups in total. The molecular formula is C14H9Cl2N3. The van der Waals surface area contributed by atoms with E-state index in [2.05, 4.69) is 15.0 Å². The van der Waals surface area contributed by atoms with Crippen LogP contribution in [0, 0.1) is 0 Å². The first-order valence-electron chi connectivity index (χ1n) is 5.67. The van der Waals surface area contributed by atoms with Crippen LogP contribution in [0.5, 0.6) is 0 Å². The molecule has 1 aromatic carbocycles. The van der Waals surface area contributed by atoms with Gasteiger partial charge in [0.05, 0.1) is 0 Å². The number of nitrogens with one attached hydrogen (secondary N) is 1. The monoisotopic (exact) mass is 289 g/mol. The number of rotatable bonds is 2. The second kappa shape index (κ2) is 5.03. The first-order valence-corrected chi connectivity index (χ1v) is 6.42. The number of hydrogen-bond donors (Lipinski definition) is 1. The maximum atomic E-state index is 5.94. The average Bonchev–Trinajstić information content (AvgIpc) is 2.91. The number of nitrogens with zero attached hydrogens (tertiary/aromatic N) is 2. The van der Waals surface area contributed by atoms with Crippen LogP contribution in [0.15, 0.2) is 48.8 Å². The van der Waals surface area contributed by atoms with E-state index in [1.54, 1.807) is 0 Å². The summed E-state index contributed by atoms with van der Waals surface area (Å²) in [6, 6.07) is 11.4. The molecule has 0 saturated heterocycles. The summed E-state index contributed by atoms with van der Waals surface area (Å²) in [5.74, 6) is 0.523. The molecule has 3 rings (SSSR count). The van der Waals surface area contributed by atoms with Gasteiger partial charge in [0.15, 0.2) is 5.82 Å². The highest BCUT2D eigenvalue weighted by Crippen LogP contribution is 2.30. The van der Waals surface area contributed by atoms with Crippen molar-refractivity contribution in [1.29, 1.82) is 0 Å². The fraction of sp³-hybridized carbons (Fsp3) is 0. The predicted molar refractivity (Wildman–Crippen MR) is 77.3 cm³/mol. The molecule has 0 aliphatic rings. The largest absolute Gasteiger partial charge is 0.367 e. The Morgan fingerprint density at radius 1 is 0.895 bits per heavy atom. The number of halogens is 2. The van der Waals surface area contributed by atoms with Gasteiger partial charge in [-0.2, -0.15) is 0 Å². The van der Waals surface area contributed by atoms with Crippen molar-refractivity contribution in [2.45, 2.75) is 0 Å². The molecule has 0 bridgehead atoms. The summed E-state index contributed by atoms with van der Waals surface area (Å²) in [4.78, 5) is 11.5. The zero-order valence-electron chi connectivity index (χ0n) is 9.77. The number of aromatic amines is 1. The molecule has 0 spiro atoms. The van der Waals surface area contributed by atoms with E-state index in [0.29, 0.717) is 16.1 Å². The van der Waals surface area contributed by atoms with Gasteiger partial charge in [-0.05, 0) is 17.2 Å². The highest BCUT2D eigenvalue weighted by molar-refractivity contribution is 6.33. The lowest BCUT2D eigenvalue weighted by atomic mass is 10.0. The van der Waals surface area contributed by atoms with Gasteiger partial charge in [-0.25, -0.2) is 9.97 Å². The van der Waals surface area contributed by atoms with Crippen LogP contribution in [0.4, 0.5) is 0 Å². The van der Waals surface area contributed by atoms with Gasteiger partial charge >= 0.3 is 0 Å². The molecular weight excluding hydrogens is 281 g/mol. The fourth-order valence-corrected chi connectivity index (χ4v) is 2.35.